The summed E-state index contributed by atoms with van der Waals surface area (Å²) in [6.45, 7) is 8.82. The summed E-state index contributed by atoms with van der Waals surface area (Å²) in [6, 6.07) is 20.8. The van der Waals surface area contributed by atoms with E-state index in [1.807, 2.05) is 42.5 Å². The molecule has 3 aliphatic rings. The first kappa shape index (κ1) is 26.8. The lowest BCUT2D eigenvalue weighted by molar-refractivity contribution is -0.157. The number of ketones is 1. The first-order chi connectivity index (χ1) is 18.1. The molecular formula is C31H38O6Si. The monoisotopic (exact) mass is 534 g/mol. The number of hydrogen-bond acceptors (Lipinski definition) is 6. The van der Waals surface area contributed by atoms with E-state index in [0.29, 0.717) is 12.2 Å². The first-order valence-corrected chi connectivity index (χ1v) is 15.3. The Morgan fingerprint density at radius 1 is 1.00 bits per heavy atom. The topological polar surface area (TPSA) is 71.1 Å². The van der Waals surface area contributed by atoms with Crippen LogP contribution in [0.5, 0.6) is 0 Å². The number of benzene rings is 2. The van der Waals surface area contributed by atoms with Crippen molar-refractivity contribution in [3.8, 4) is 0 Å². The van der Waals surface area contributed by atoms with E-state index in [1.165, 1.54) is 0 Å². The number of Topliss-reactive ketones (excluding diaryl/α,β-unsaturated/α-hetero) is 1. The van der Waals surface area contributed by atoms with E-state index >= 15 is 0 Å². The van der Waals surface area contributed by atoms with Gasteiger partial charge in [-0.3, -0.25) is 9.59 Å². The Hall–Kier alpha value is -2.74. The molecule has 2 aromatic rings. The highest BCUT2D eigenvalue weighted by molar-refractivity contribution is 6.99. The van der Waals surface area contributed by atoms with Crippen LogP contribution in [-0.2, 0) is 28.2 Å². The van der Waals surface area contributed by atoms with Crippen LogP contribution in [0.1, 0.15) is 40.5 Å². The summed E-state index contributed by atoms with van der Waals surface area (Å²) in [4.78, 5) is 27.3. The van der Waals surface area contributed by atoms with Crippen LogP contribution in [0.2, 0.25) is 5.04 Å². The molecule has 2 fully saturated rings. The zero-order chi connectivity index (χ0) is 27.4. The van der Waals surface area contributed by atoms with Gasteiger partial charge in [-0.2, -0.15) is 0 Å². The molecule has 0 N–H and O–H groups in total. The number of esters is 1. The number of carbonyl (C=O) groups excluding carboxylic acids is 2. The standard InChI is InChI=1S/C31H38O6Si/c1-7-36-27(33)30-24-18-19-26(34-5)29(20-25(30)32,31(24,30)35-6)21-37-38(28(2,3)4,22-14-10-8-11-15-22)23-16-12-9-13-17-23/h8-17,19,24H,7,18,20-21H2,1-6H3/t24-,29+,30-,31-/m0/s1. The number of rotatable bonds is 9. The minimum absolute atomic E-state index is 0.105. The van der Waals surface area contributed by atoms with Gasteiger partial charge in [0.1, 0.15) is 11.4 Å². The summed E-state index contributed by atoms with van der Waals surface area (Å²) in [7, 11) is 0.291. The van der Waals surface area contributed by atoms with Crippen LogP contribution in [0, 0.1) is 16.7 Å². The summed E-state index contributed by atoms with van der Waals surface area (Å²) in [5.41, 5.74) is -3.32. The normalized spacial score (nSPS) is 29.9. The highest BCUT2D eigenvalue weighted by Crippen LogP contribution is 2.82. The van der Waals surface area contributed by atoms with Gasteiger partial charge < -0.3 is 18.6 Å². The second kappa shape index (κ2) is 9.18. The molecule has 0 amide bonds. The quantitative estimate of drug-likeness (QED) is 0.275. The van der Waals surface area contributed by atoms with Crippen molar-refractivity contribution < 1.29 is 28.2 Å². The molecule has 3 aliphatic carbocycles. The zero-order valence-electron chi connectivity index (χ0n) is 23.2. The van der Waals surface area contributed by atoms with E-state index in [4.69, 9.17) is 18.6 Å². The Balaban J connectivity index is 1.68. The maximum absolute atomic E-state index is 13.9. The molecule has 38 heavy (non-hydrogen) atoms. The Kier molecular flexibility index (Phi) is 6.48. The molecule has 0 bridgehead atoms. The molecule has 0 saturated heterocycles. The van der Waals surface area contributed by atoms with Crippen LogP contribution in [-0.4, -0.2) is 53.1 Å². The number of methoxy groups -OCH3 is 2. The predicted molar refractivity (Wildman–Crippen MR) is 148 cm³/mol. The lowest BCUT2D eigenvalue weighted by atomic mass is 9.73. The maximum atomic E-state index is 13.9. The molecule has 2 saturated carbocycles. The fraction of sp³-hybridized carbons (Fsp3) is 0.484. The van der Waals surface area contributed by atoms with Gasteiger partial charge in [-0.1, -0.05) is 81.4 Å². The predicted octanol–water partition coefficient (Wildman–Crippen LogP) is 4.02. The van der Waals surface area contributed by atoms with E-state index in [2.05, 4.69) is 45.0 Å². The summed E-state index contributed by atoms with van der Waals surface area (Å²) < 4.78 is 25.1. The molecule has 0 heterocycles. The molecule has 4 atom stereocenters. The number of ether oxygens (including phenoxy) is 3. The lowest BCUT2D eigenvalue weighted by Crippen LogP contribution is -2.68. The average molecular weight is 535 g/mol. The molecule has 0 aliphatic heterocycles. The van der Waals surface area contributed by atoms with Crippen molar-refractivity contribution >= 4 is 30.4 Å². The van der Waals surface area contributed by atoms with Crippen LogP contribution in [0.3, 0.4) is 0 Å². The largest absolute Gasteiger partial charge is 0.501 e. The summed E-state index contributed by atoms with van der Waals surface area (Å²) in [5.74, 6) is -0.279. The van der Waals surface area contributed by atoms with Crippen LogP contribution < -0.4 is 10.4 Å². The summed E-state index contributed by atoms with van der Waals surface area (Å²) in [6.07, 6.45) is 2.64. The Bertz CT molecular complexity index is 1210. The van der Waals surface area contributed by atoms with Crippen LogP contribution in [0.15, 0.2) is 72.5 Å². The third-order valence-corrected chi connectivity index (χ3v) is 14.2. The van der Waals surface area contributed by atoms with Crippen molar-refractivity contribution in [2.45, 2.75) is 51.2 Å². The van der Waals surface area contributed by atoms with Crippen molar-refractivity contribution in [3.63, 3.8) is 0 Å². The molecule has 5 rings (SSSR count). The van der Waals surface area contributed by atoms with E-state index in [1.54, 1.807) is 21.1 Å². The Labute approximate surface area is 226 Å². The van der Waals surface area contributed by atoms with E-state index in [-0.39, 0.29) is 36.4 Å². The van der Waals surface area contributed by atoms with E-state index in [9.17, 15) is 9.59 Å². The van der Waals surface area contributed by atoms with Gasteiger partial charge in [0.25, 0.3) is 8.32 Å². The average Bonchev–Trinajstić information content (AvgIpc) is 3.47. The first-order valence-electron chi connectivity index (χ1n) is 13.4. The molecule has 0 spiro atoms. The van der Waals surface area contributed by atoms with E-state index < -0.39 is 30.7 Å². The van der Waals surface area contributed by atoms with Crippen molar-refractivity contribution in [2.75, 3.05) is 27.4 Å². The fourth-order valence-corrected chi connectivity index (χ4v) is 12.5. The molecule has 0 radical (unpaired) electrons. The minimum atomic E-state index is -2.93. The molecule has 0 unspecified atom stereocenters. The van der Waals surface area contributed by atoms with E-state index in [0.717, 1.165) is 10.4 Å². The van der Waals surface area contributed by atoms with Crippen LogP contribution in [0.4, 0.5) is 0 Å². The molecule has 2 aromatic carbocycles. The van der Waals surface area contributed by atoms with Gasteiger partial charge in [-0.05, 0) is 34.8 Å². The van der Waals surface area contributed by atoms with Gasteiger partial charge in [0.15, 0.2) is 11.2 Å². The van der Waals surface area contributed by atoms with Gasteiger partial charge in [0.2, 0.25) is 0 Å². The highest BCUT2D eigenvalue weighted by Gasteiger charge is 2.97. The number of hydrogen-bond donors (Lipinski definition) is 0. The van der Waals surface area contributed by atoms with Crippen LogP contribution >= 0.6 is 0 Å². The molecule has 6 nitrogen and oxygen atoms in total. The Morgan fingerprint density at radius 2 is 1.58 bits per heavy atom. The number of fused-ring (bicyclic) bond motifs is 1. The zero-order valence-corrected chi connectivity index (χ0v) is 24.2. The van der Waals surface area contributed by atoms with Gasteiger partial charge in [-0.25, -0.2) is 0 Å². The highest BCUT2D eigenvalue weighted by atomic mass is 28.4. The molecular weight excluding hydrogens is 496 g/mol. The number of allylic oxidation sites excluding steroid dienone is 1. The van der Waals surface area contributed by atoms with Crippen molar-refractivity contribution in [3.05, 3.63) is 72.5 Å². The van der Waals surface area contributed by atoms with Gasteiger partial charge >= 0.3 is 5.97 Å². The second-order valence-electron chi connectivity index (χ2n) is 11.7. The van der Waals surface area contributed by atoms with Crippen molar-refractivity contribution in [2.24, 2.45) is 16.7 Å². The minimum Gasteiger partial charge on any atom is -0.501 e. The third kappa shape index (κ3) is 3.12. The van der Waals surface area contributed by atoms with Crippen molar-refractivity contribution in [1.29, 1.82) is 0 Å². The summed E-state index contributed by atoms with van der Waals surface area (Å²) >= 11 is 0. The molecule has 0 aromatic heterocycles. The molecule has 7 heteroatoms. The van der Waals surface area contributed by atoms with Crippen LogP contribution in [0.25, 0.3) is 0 Å². The smallest absolute Gasteiger partial charge is 0.323 e. The lowest BCUT2D eigenvalue weighted by Gasteiger charge is -2.47. The van der Waals surface area contributed by atoms with Gasteiger partial charge in [-0.15, -0.1) is 0 Å². The number of carbonyl (C=O) groups is 2. The van der Waals surface area contributed by atoms with Gasteiger partial charge in [0.05, 0.1) is 25.7 Å². The SMILES string of the molecule is CCOC(=O)[C@@]12C(=O)C[C@@]3(CO[Si](c4ccccc4)(c4ccccc4)C(C)(C)C)C(OC)=CC[C@@H]1[C@]32OC. The fourth-order valence-electron chi connectivity index (χ4n) is 7.87. The Morgan fingerprint density at radius 3 is 2.05 bits per heavy atom. The summed E-state index contributed by atoms with van der Waals surface area (Å²) in [5, 5.41) is 2.05. The molecule has 202 valence electrons. The third-order valence-electron chi connectivity index (χ3n) is 9.23. The van der Waals surface area contributed by atoms with Crippen molar-refractivity contribution in [1.82, 2.24) is 0 Å². The van der Waals surface area contributed by atoms with Gasteiger partial charge in [0, 0.05) is 19.4 Å². The second-order valence-corrected chi connectivity index (χ2v) is 16.0. The maximum Gasteiger partial charge on any atom is 0.323 e.